The number of benzene rings is 1. The molecule has 0 unspecified atom stereocenters. The molecule has 2 rings (SSSR count). The van der Waals surface area contributed by atoms with Gasteiger partial charge in [0.05, 0.1) is 0 Å². The van der Waals surface area contributed by atoms with E-state index in [4.69, 9.17) is 11.6 Å². The molecule has 0 bridgehead atoms. The summed E-state index contributed by atoms with van der Waals surface area (Å²) >= 11 is 12.4. The van der Waals surface area contributed by atoms with Crippen LogP contribution >= 0.6 is 43.5 Å². The van der Waals surface area contributed by atoms with Gasteiger partial charge in [0.1, 0.15) is 10.0 Å². The van der Waals surface area contributed by atoms with Crippen LogP contribution in [0.2, 0.25) is 5.15 Å². The Balaban J connectivity index is 2.40. The Morgan fingerprint density at radius 2 is 1.95 bits per heavy atom. The fourth-order valence-electron chi connectivity index (χ4n) is 1.46. The van der Waals surface area contributed by atoms with Gasteiger partial charge in [-0.05, 0) is 46.6 Å². The molecule has 0 saturated carbocycles. The Hall–Kier alpha value is -0.630. The molecule has 4 nitrogen and oxygen atoms in total. The average molecular weight is 441 g/mol. The number of hydrogen-bond acceptors (Lipinski definition) is 3. The van der Waals surface area contributed by atoms with E-state index in [2.05, 4.69) is 41.6 Å². The van der Waals surface area contributed by atoms with Crippen LogP contribution in [0.4, 0.5) is 5.69 Å². The summed E-state index contributed by atoms with van der Waals surface area (Å²) in [6.45, 7) is 1.91. The molecule has 1 aromatic carbocycles. The first-order valence-electron chi connectivity index (χ1n) is 5.39. The van der Waals surface area contributed by atoms with Crippen molar-refractivity contribution in [2.45, 2.75) is 11.8 Å². The molecule has 0 radical (unpaired) electrons. The summed E-state index contributed by atoms with van der Waals surface area (Å²) in [5.41, 5.74) is 1.45. The lowest BCUT2D eigenvalue weighted by molar-refractivity contribution is 0.601. The van der Waals surface area contributed by atoms with Gasteiger partial charge in [0, 0.05) is 20.8 Å². The highest BCUT2D eigenvalue weighted by Crippen LogP contribution is 2.26. The molecule has 0 aliphatic carbocycles. The number of nitrogens with zero attached hydrogens (tertiary/aromatic N) is 1. The van der Waals surface area contributed by atoms with E-state index in [1.54, 1.807) is 12.1 Å². The van der Waals surface area contributed by atoms with Gasteiger partial charge in [0.15, 0.2) is 0 Å². The lowest BCUT2D eigenvalue weighted by atomic mass is 10.2. The van der Waals surface area contributed by atoms with Gasteiger partial charge >= 0.3 is 0 Å². The second-order valence-electron chi connectivity index (χ2n) is 4.01. The number of anilines is 1. The van der Waals surface area contributed by atoms with E-state index in [1.807, 2.05) is 13.0 Å². The Labute approximate surface area is 138 Å². The van der Waals surface area contributed by atoms with Gasteiger partial charge in [0.25, 0.3) is 10.0 Å². The molecule has 106 valence electrons. The molecule has 20 heavy (non-hydrogen) atoms. The lowest BCUT2D eigenvalue weighted by Crippen LogP contribution is -2.14. The molecule has 8 heteroatoms. The van der Waals surface area contributed by atoms with Crippen molar-refractivity contribution >= 4 is 59.2 Å². The van der Waals surface area contributed by atoms with E-state index in [0.29, 0.717) is 10.2 Å². The SMILES string of the molecule is Cc1ccc(NS(=O)(=O)c2cc(Br)cnc2Cl)cc1Br. The van der Waals surface area contributed by atoms with Gasteiger partial charge in [-0.3, -0.25) is 4.72 Å². The number of pyridine rings is 1. The quantitative estimate of drug-likeness (QED) is 0.721. The topological polar surface area (TPSA) is 59.1 Å². The Bertz CT molecular complexity index is 766. The van der Waals surface area contributed by atoms with E-state index in [1.165, 1.54) is 12.3 Å². The fourth-order valence-corrected chi connectivity index (χ4v) is 3.83. The molecule has 0 spiro atoms. The molecule has 1 N–H and O–H groups in total. The third kappa shape index (κ3) is 3.52. The Morgan fingerprint density at radius 1 is 1.25 bits per heavy atom. The highest BCUT2D eigenvalue weighted by atomic mass is 79.9. The van der Waals surface area contributed by atoms with E-state index in [9.17, 15) is 8.42 Å². The van der Waals surface area contributed by atoms with E-state index in [0.717, 1.165) is 10.0 Å². The first kappa shape index (κ1) is 15.8. The van der Waals surface area contributed by atoms with Crippen molar-refractivity contribution in [2.24, 2.45) is 0 Å². The maximum Gasteiger partial charge on any atom is 0.265 e. The second kappa shape index (κ2) is 6.01. The number of aryl methyl sites for hydroxylation is 1. The first-order valence-corrected chi connectivity index (χ1v) is 8.84. The summed E-state index contributed by atoms with van der Waals surface area (Å²) in [6.07, 6.45) is 1.43. The minimum absolute atomic E-state index is 0.0770. The van der Waals surface area contributed by atoms with E-state index < -0.39 is 10.0 Å². The fraction of sp³-hybridized carbons (Fsp3) is 0.0833. The number of hydrogen-bond donors (Lipinski definition) is 1. The Kier molecular flexibility index (Phi) is 4.73. The summed E-state index contributed by atoms with van der Waals surface area (Å²) in [6, 6.07) is 6.58. The molecule has 0 atom stereocenters. The molecular formula is C12H9Br2ClN2O2S. The van der Waals surface area contributed by atoms with Crippen molar-refractivity contribution in [3.8, 4) is 0 Å². The van der Waals surface area contributed by atoms with Crippen LogP contribution in [-0.2, 0) is 10.0 Å². The molecule has 0 fully saturated rings. The van der Waals surface area contributed by atoms with Crippen LogP contribution in [0.1, 0.15) is 5.56 Å². The number of aromatic nitrogens is 1. The van der Waals surface area contributed by atoms with Crippen LogP contribution in [0, 0.1) is 6.92 Å². The highest BCUT2D eigenvalue weighted by Gasteiger charge is 2.19. The van der Waals surface area contributed by atoms with Gasteiger partial charge in [-0.15, -0.1) is 0 Å². The van der Waals surface area contributed by atoms with E-state index in [-0.39, 0.29) is 10.0 Å². The second-order valence-corrected chi connectivity index (χ2v) is 7.79. The van der Waals surface area contributed by atoms with Crippen LogP contribution < -0.4 is 4.72 Å². The van der Waals surface area contributed by atoms with Crippen molar-refractivity contribution in [2.75, 3.05) is 4.72 Å². The van der Waals surface area contributed by atoms with Crippen LogP contribution in [0.5, 0.6) is 0 Å². The first-order chi connectivity index (χ1) is 9.29. The van der Waals surface area contributed by atoms with Gasteiger partial charge in [-0.2, -0.15) is 0 Å². The number of sulfonamides is 1. The molecule has 2 aromatic rings. The standard InChI is InChI=1S/C12H9Br2ClN2O2S/c1-7-2-3-9(5-10(7)14)17-20(18,19)11-4-8(13)6-16-12(11)15/h2-6,17H,1H3. The van der Waals surface area contributed by atoms with Crippen LogP contribution in [-0.4, -0.2) is 13.4 Å². The summed E-state index contributed by atoms with van der Waals surface area (Å²) in [5.74, 6) is 0. The maximum atomic E-state index is 12.3. The predicted molar refractivity (Wildman–Crippen MR) is 86.6 cm³/mol. The zero-order valence-electron chi connectivity index (χ0n) is 10.2. The van der Waals surface area contributed by atoms with Crippen LogP contribution in [0.25, 0.3) is 0 Å². The molecule has 0 amide bonds. The monoisotopic (exact) mass is 438 g/mol. The van der Waals surface area contributed by atoms with Gasteiger partial charge in [-0.1, -0.05) is 33.6 Å². The van der Waals surface area contributed by atoms with Crippen LogP contribution in [0.3, 0.4) is 0 Å². The minimum Gasteiger partial charge on any atom is -0.279 e. The number of nitrogens with one attached hydrogen (secondary N) is 1. The molecule has 0 aliphatic heterocycles. The maximum absolute atomic E-state index is 12.3. The lowest BCUT2D eigenvalue weighted by Gasteiger charge is -2.10. The van der Waals surface area contributed by atoms with Crippen molar-refractivity contribution in [1.82, 2.24) is 4.98 Å². The van der Waals surface area contributed by atoms with Gasteiger partial charge in [0.2, 0.25) is 0 Å². The van der Waals surface area contributed by atoms with Crippen molar-refractivity contribution < 1.29 is 8.42 Å². The van der Waals surface area contributed by atoms with Crippen molar-refractivity contribution in [1.29, 1.82) is 0 Å². The van der Waals surface area contributed by atoms with Gasteiger partial charge < -0.3 is 0 Å². The van der Waals surface area contributed by atoms with Crippen LogP contribution in [0.15, 0.2) is 44.3 Å². The smallest absolute Gasteiger partial charge is 0.265 e. The summed E-state index contributed by atoms with van der Waals surface area (Å²) in [5, 5.41) is -0.0770. The molecule has 0 aliphatic rings. The number of halogens is 3. The van der Waals surface area contributed by atoms with Gasteiger partial charge in [-0.25, -0.2) is 13.4 Å². The highest BCUT2D eigenvalue weighted by molar-refractivity contribution is 9.10. The molecule has 1 heterocycles. The van der Waals surface area contributed by atoms with Crippen molar-refractivity contribution in [3.05, 3.63) is 50.1 Å². The number of rotatable bonds is 3. The third-order valence-electron chi connectivity index (χ3n) is 2.49. The normalized spacial score (nSPS) is 11.4. The summed E-state index contributed by atoms with van der Waals surface area (Å²) < 4.78 is 28.4. The summed E-state index contributed by atoms with van der Waals surface area (Å²) in [4.78, 5) is 3.73. The largest absolute Gasteiger partial charge is 0.279 e. The molecule has 0 saturated heterocycles. The molecular weight excluding hydrogens is 431 g/mol. The Morgan fingerprint density at radius 3 is 2.60 bits per heavy atom. The minimum atomic E-state index is -3.79. The van der Waals surface area contributed by atoms with Crippen molar-refractivity contribution in [3.63, 3.8) is 0 Å². The van der Waals surface area contributed by atoms with E-state index >= 15 is 0 Å². The third-order valence-corrected chi connectivity index (χ3v) is 5.58. The zero-order chi connectivity index (χ0) is 14.9. The summed E-state index contributed by atoms with van der Waals surface area (Å²) in [7, 11) is -3.79. The zero-order valence-corrected chi connectivity index (χ0v) is 14.9. The predicted octanol–water partition coefficient (Wildman–Crippen LogP) is 4.37. The average Bonchev–Trinajstić information content (AvgIpc) is 2.36. The molecule has 1 aromatic heterocycles.